The first kappa shape index (κ1) is 26.4. The van der Waals surface area contributed by atoms with Crippen molar-refractivity contribution in [2.75, 3.05) is 25.0 Å². The minimum absolute atomic E-state index is 0.0253. The van der Waals surface area contributed by atoms with Gasteiger partial charge in [0.15, 0.2) is 0 Å². The molecule has 2 aromatic heterocycles. The van der Waals surface area contributed by atoms with E-state index in [9.17, 15) is 9.18 Å². The van der Waals surface area contributed by atoms with Gasteiger partial charge in [0, 0.05) is 55.0 Å². The normalized spacial score (nSPS) is 20.1. The maximum Gasteiger partial charge on any atom is 0.253 e. The van der Waals surface area contributed by atoms with E-state index < -0.39 is 0 Å². The minimum Gasteiger partial charge on any atom is -0.437 e. The fourth-order valence-electron chi connectivity index (χ4n) is 6.36. The molecule has 2 aliphatic rings. The molecule has 1 aliphatic heterocycles. The third-order valence-corrected chi connectivity index (χ3v) is 8.30. The maximum absolute atomic E-state index is 13.9. The molecule has 6 rings (SSSR count). The Balaban J connectivity index is 1.42. The summed E-state index contributed by atoms with van der Waals surface area (Å²) in [5, 5.41) is 4.29. The monoisotopic (exact) mass is 541 g/mol. The number of benzene rings is 2. The number of piperazine rings is 1. The van der Waals surface area contributed by atoms with Crippen LogP contribution in [0, 0.1) is 5.82 Å². The summed E-state index contributed by atoms with van der Waals surface area (Å²) in [5.74, 6) is 1.18. The van der Waals surface area contributed by atoms with Crippen molar-refractivity contribution in [3.8, 4) is 22.5 Å². The number of fused-ring (bicyclic) bond motifs is 1. The van der Waals surface area contributed by atoms with Gasteiger partial charge in [0.1, 0.15) is 23.7 Å². The molecule has 2 atom stereocenters. The number of carbonyl (C=O) groups excluding carboxylic acids is 1. The Morgan fingerprint density at radius 2 is 1.60 bits per heavy atom. The zero-order valence-electron chi connectivity index (χ0n) is 23.4. The molecule has 2 fully saturated rings. The van der Waals surface area contributed by atoms with Crippen LogP contribution in [0.5, 0.6) is 0 Å². The molecular weight excluding hydrogens is 505 g/mol. The van der Waals surface area contributed by atoms with Crippen molar-refractivity contribution >= 4 is 22.8 Å². The highest BCUT2D eigenvalue weighted by molar-refractivity contribution is 6.06. The van der Waals surface area contributed by atoms with Gasteiger partial charge in [0.05, 0.1) is 5.39 Å². The summed E-state index contributed by atoms with van der Waals surface area (Å²) in [4.78, 5) is 26.7. The lowest BCUT2D eigenvalue weighted by Crippen LogP contribution is -2.55. The largest absolute Gasteiger partial charge is 0.437 e. The highest BCUT2D eigenvalue weighted by Gasteiger charge is 2.28. The van der Waals surface area contributed by atoms with Crippen molar-refractivity contribution in [2.24, 2.45) is 0 Å². The topological polar surface area (TPSA) is 74.5 Å². The Labute approximate surface area is 234 Å². The molecule has 8 heteroatoms. The van der Waals surface area contributed by atoms with Crippen LogP contribution >= 0.6 is 0 Å². The summed E-state index contributed by atoms with van der Waals surface area (Å²) in [5.41, 5.74) is 3.61. The van der Waals surface area contributed by atoms with Crippen LogP contribution in [0.15, 0.2) is 59.3 Å². The van der Waals surface area contributed by atoms with Crippen LogP contribution < -0.4 is 10.2 Å². The van der Waals surface area contributed by atoms with E-state index in [1.807, 2.05) is 29.2 Å². The molecule has 0 unspecified atom stereocenters. The maximum atomic E-state index is 13.9. The van der Waals surface area contributed by atoms with E-state index >= 15 is 0 Å². The molecule has 1 amide bonds. The van der Waals surface area contributed by atoms with E-state index in [-0.39, 0.29) is 23.8 Å². The number of nitrogens with one attached hydrogen (secondary N) is 1. The lowest BCUT2D eigenvalue weighted by atomic mass is 9.94. The molecule has 2 aromatic carbocycles. The fraction of sp³-hybridized carbons (Fsp3) is 0.406. The number of halogens is 1. The summed E-state index contributed by atoms with van der Waals surface area (Å²) in [6.07, 6.45) is 7.49. The van der Waals surface area contributed by atoms with Crippen molar-refractivity contribution < 1.29 is 13.6 Å². The number of nitrogens with zero attached hydrogens (tertiary/aromatic N) is 4. The smallest absolute Gasteiger partial charge is 0.253 e. The van der Waals surface area contributed by atoms with Gasteiger partial charge in [-0.3, -0.25) is 4.79 Å². The predicted molar refractivity (Wildman–Crippen MR) is 156 cm³/mol. The molecule has 4 aromatic rings. The first-order chi connectivity index (χ1) is 19.4. The van der Waals surface area contributed by atoms with Crippen molar-refractivity contribution in [1.29, 1.82) is 0 Å². The van der Waals surface area contributed by atoms with Crippen LogP contribution in [-0.2, 0) is 0 Å². The standard InChI is InChI=1S/C32H36FN5O2/c1-20-17-38(18-21(2)36-20)32(39)24-11-9-23(10-12-24)29-27(22-13-15-25(33)16-14-22)28-30(34-19-35-31(28)40-29)37(3)26-7-5-4-6-8-26/h9-16,19-21,26,36H,4-8,17-18H2,1-3H3/t20-,21+. The van der Waals surface area contributed by atoms with Crippen LogP contribution in [0.1, 0.15) is 56.3 Å². The summed E-state index contributed by atoms with van der Waals surface area (Å²) in [7, 11) is 2.09. The second-order valence-electron chi connectivity index (χ2n) is 11.3. The van der Waals surface area contributed by atoms with Crippen molar-refractivity contribution in [3.63, 3.8) is 0 Å². The number of amides is 1. The van der Waals surface area contributed by atoms with Crippen LogP contribution in [-0.4, -0.2) is 59.0 Å². The molecule has 0 bridgehead atoms. The minimum atomic E-state index is -0.298. The summed E-state index contributed by atoms with van der Waals surface area (Å²) < 4.78 is 20.4. The van der Waals surface area contributed by atoms with Crippen molar-refractivity contribution in [3.05, 3.63) is 66.2 Å². The van der Waals surface area contributed by atoms with Gasteiger partial charge in [-0.2, -0.15) is 0 Å². The second-order valence-corrected chi connectivity index (χ2v) is 11.3. The van der Waals surface area contributed by atoms with Crippen molar-refractivity contribution in [1.82, 2.24) is 20.2 Å². The zero-order chi connectivity index (χ0) is 27.8. The van der Waals surface area contributed by atoms with Gasteiger partial charge in [0.25, 0.3) is 5.91 Å². The highest BCUT2D eigenvalue weighted by Crippen LogP contribution is 2.44. The molecule has 208 valence electrons. The number of carbonyl (C=O) groups is 1. The molecular formula is C32H36FN5O2. The first-order valence-electron chi connectivity index (χ1n) is 14.3. The van der Waals surface area contributed by atoms with Crippen LogP contribution in [0.3, 0.4) is 0 Å². The average molecular weight is 542 g/mol. The summed E-state index contributed by atoms with van der Waals surface area (Å²) in [6.45, 7) is 5.55. The van der Waals surface area contributed by atoms with E-state index in [1.54, 1.807) is 18.5 Å². The van der Waals surface area contributed by atoms with Gasteiger partial charge in [0.2, 0.25) is 5.71 Å². The third kappa shape index (κ3) is 5.08. The molecule has 1 saturated heterocycles. The van der Waals surface area contributed by atoms with E-state index in [2.05, 4.69) is 36.1 Å². The van der Waals surface area contributed by atoms with Gasteiger partial charge in [-0.05, 0) is 56.5 Å². The molecule has 1 N–H and O–H groups in total. The molecule has 0 spiro atoms. The van der Waals surface area contributed by atoms with Crippen molar-refractivity contribution in [2.45, 2.75) is 64.1 Å². The SMILES string of the molecule is C[C@@H]1CN(C(=O)c2ccc(-c3oc4ncnc(N(C)C5CCCCC5)c4c3-c3ccc(F)cc3)cc2)C[C@H](C)N1. The Kier molecular flexibility index (Phi) is 7.27. The lowest BCUT2D eigenvalue weighted by Gasteiger charge is -2.36. The Morgan fingerprint density at radius 3 is 2.27 bits per heavy atom. The molecule has 3 heterocycles. The predicted octanol–water partition coefficient (Wildman–Crippen LogP) is 6.29. The molecule has 7 nitrogen and oxygen atoms in total. The Bertz CT molecular complexity index is 1480. The first-order valence-corrected chi connectivity index (χ1v) is 14.3. The quantitative estimate of drug-likeness (QED) is 0.320. The van der Waals surface area contributed by atoms with E-state index in [4.69, 9.17) is 9.40 Å². The molecule has 1 aliphatic carbocycles. The van der Waals surface area contributed by atoms with Gasteiger partial charge < -0.3 is 19.5 Å². The number of hydrogen-bond donors (Lipinski definition) is 1. The second kappa shape index (κ2) is 11.0. The van der Waals surface area contributed by atoms with Crippen LogP contribution in [0.4, 0.5) is 10.2 Å². The Morgan fingerprint density at radius 1 is 0.950 bits per heavy atom. The number of anilines is 1. The number of furan rings is 1. The molecule has 0 radical (unpaired) electrons. The van der Waals surface area contributed by atoms with Crippen LogP contribution in [0.2, 0.25) is 0 Å². The number of rotatable bonds is 5. The summed E-state index contributed by atoms with van der Waals surface area (Å²) >= 11 is 0. The molecule has 1 saturated carbocycles. The highest BCUT2D eigenvalue weighted by atomic mass is 19.1. The zero-order valence-corrected chi connectivity index (χ0v) is 23.4. The number of hydrogen-bond acceptors (Lipinski definition) is 6. The van der Waals surface area contributed by atoms with Gasteiger partial charge in [-0.15, -0.1) is 0 Å². The van der Waals surface area contributed by atoms with E-state index in [0.717, 1.165) is 40.7 Å². The van der Waals surface area contributed by atoms with Gasteiger partial charge in [-0.25, -0.2) is 14.4 Å². The lowest BCUT2D eigenvalue weighted by molar-refractivity contribution is 0.0674. The van der Waals surface area contributed by atoms with E-state index in [1.165, 1.54) is 31.4 Å². The van der Waals surface area contributed by atoms with Gasteiger partial charge >= 0.3 is 0 Å². The third-order valence-electron chi connectivity index (χ3n) is 8.30. The molecule has 40 heavy (non-hydrogen) atoms. The summed E-state index contributed by atoms with van der Waals surface area (Å²) in [6, 6.07) is 14.9. The number of aromatic nitrogens is 2. The Hall–Kier alpha value is -3.78. The average Bonchev–Trinajstić information content (AvgIpc) is 3.37. The fourth-order valence-corrected chi connectivity index (χ4v) is 6.36. The van der Waals surface area contributed by atoms with Crippen LogP contribution in [0.25, 0.3) is 33.6 Å². The van der Waals surface area contributed by atoms with E-state index in [0.29, 0.717) is 36.2 Å². The van der Waals surface area contributed by atoms with Gasteiger partial charge in [-0.1, -0.05) is 43.5 Å².